The van der Waals surface area contributed by atoms with E-state index in [2.05, 4.69) is 34.2 Å². The van der Waals surface area contributed by atoms with Gasteiger partial charge in [0.1, 0.15) is 0 Å². The monoisotopic (exact) mass is 403 g/mol. The standard InChI is InChI=1S/C22H21N5OS/c1-4-11-27-20(18-9-5-7-15(2)12-18)25-26-22(27)29-16(3)21(28)24-19-10-6-8-17(13-19)14-23/h4-10,12-13,16H,1,11H2,2-3H3,(H,24,28). The fraction of sp³-hybridized carbons (Fsp3) is 0.182. The zero-order valence-electron chi connectivity index (χ0n) is 16.3. The number of benzene rings is 2. The fourth-order valence-corrected chi connectivity index (χ4v) is 3.65. The van der Waals surface area contributed by atoms with Crippen molar-refractivity contribution in [2.75, 3.05) is 5.32 Å². The molecule has 29 heavy (non-hydrogen) atoms. The number of hydrogen-bond donors (Lipinski definition) is 1. The minimum absolute atomic E-state index is 0.171. The Hall–Kier alpha value is -3.37. The quantitative estimate of drug-likeness (QED) is 0.466. The number of nitrogens with zero attached hydrogens (tertiary/aromatic N) is 4. The zero-order chi connectivity index (χ0) is 20.8. The van der Waals surface area contributed by atoms with Gasteiger partial charge in [-0.05, 0) is 38.1 Å². The number of amides is 1. The van der Waals surface area contributed by atoms with E-state index in [-0.39, 0.29) is 5.91 Å². The van der Waals surface area contributed by atoms with Gasteiger partial charge in [0.15, 0.2) is 11.0 Å². The molecule has 2 aromatic carbocycles. The van der Waals surface area contributed by atoms with Crippen molar-refractivity contribution in [1.29, 1.82) is 5.26 Å². The van der Waals surface area contributed by atoms with Crippen molar-refractivity contribution >= 4 is 23.4 Å². The molecule has 1 unspecified atom stereocenters. The average Bonchev–Trinajstić information content (AvgIpc) is 3.10. The molecule has 3 aromatic rings. The Kier molecular flexibility index (Phi) is 6.47. The van der Waals surface area contributed by atoms with Gasteiger partial charge in [0.05, 0.1) is 16.9 Å². The fourth-order valence-electron chi connectivity index (χ4n) is 2.79. The van der Waals surface area contributed by atoms with E-state index in [1.807, 2.05) is 36.6 Å². The molecule has 0 saturated heterocycles. The van der Waals surface area contributed by atoms with Gasteiger partial charge in [-0.15, -0.1) is 16.8 Å². The number of thioether (sulfide) groups is 1. The van der Waals surface area contributed by atoms with Crippen molar-refractivity contribution in [2.45, 2.75) is 30.8 Å². The van der Waals surface area contributed by atoms with Gasteiger partial charge in [-0.1, -0.05) is 47.7 Å². The first-order valence-corrected chi connectivity index (χ1v) is 9.98. The summed E-state index contributed by atoms with van der Waals surface area (Å²) in [7, 11) is 0. The SMILES string of the molecule is C=CCn1c(SC(C)C(=O)Nc2cccc(C#N)c2)nnc1-c1cccc(C)c1. The van der Waals surface area contributed by atoms with Crippen LogP contribution in [-0.2, 0) is 11.3 Å². The van der Waals surface area contributed by atoms with Gasteiger partial charge in [0.2, 0.25) is 5.91 Å². The van der Waals surface area contributed by atoms with Crippen LogP contribution >= 0.6 is 11.8 Å². The second-order valence-corrected chi connectivity index (χ2v) is 7.82. The molecule has 0 fully saturated rings. The van der Waals surface area contributed by atoms with E-state index in [9.17, 15) is 4.79 Å². The van der Waals surface area contributed by atoms with Crippen LogP contribution in [0.15, 0.2) is 66.3 Å². The Morgan fingerprint density at radius 1 is 1.31 bits per heavy atom. The molecule has 7 heteroatoms. The molecule has 1 heterocycles. The molecule has 1 aromatic heterocycles. The van der Waals surface area contributed by atoms with Crippen LogP contribution in [0.2, 0.25) is 0 Å². The minimum Gasteiger partial charge on any atom is -0.325 e. The third-order valence-electron chi connectivity index (χ3n) is 4.22. The minimum atomic E-state index is -0.404. The van der Waals surface area contributed by atoms with Gasteiger partial charge < -0.3 is 5.32 Å². The number of rotatable bonds is 7. The van der Waals surface area contributed by atoms with Crippen LogP contribution in [0.1, 0.15) is 18.1 Å². The summed E-state index contributed by atoms with van der Waals surface area (Å²) in [5, 5.41) is 20.7. The van der Waals surface area contributed by atoms with Gasteiger partial charge in [-0.2, -0.15) is 5.26 Å². The van der Waals surface area contributed by atoms with E-state index >= 15 is 0 Å². The van der Waals surface area contributed by atoms with Gasteiger partial charge in [0.25, 0.3) is 0 Å². The molecule has 1 N–H and O–H groups in total. The third-order valence-corrected chi connectivity index (χ3v) is 5.30. The lowest BCUT2D eigenvalue weighted by Gasteiger charge is -2.13. The van der Waals surface area contributed by atoms with E-state index < -0.39 is 5.25 Å². The normalized spacial score (nSPS) is 11.5. The zero-order valence-corrected chi connectivity index (χ0v) is 17.1. The van der Waals surface area contributed by atoms with E-state index in [0.717, 1.165) is 17.0 Å². The first-order valence-electron chi connectivity index (χ1n) is 9.10. The highest BCUT2D eigenvalue weighted by Gasteiger charge is 2.20. The Balaban J connectivity index is 1.79. The Labute approximate surface area is 174 Å². The molecule has 0 bridgehead atoms. The van der Waals surface area contributed by atoms with Gasteiger partial charge >= 0.3 is 0 Å². The van der Waals surface area contributed by atoms with Crippen LogP contribution in [0.3, 0.4) is 0 Å². The lowest BCUT2D eigenvalue weighted by molar-refractivity contribution is -0.115. The Morgan fingerprint density at radius 2 is 2.10 bits per heavy atom. The molecule has 3 rings (SSSR count). The highest BCUT2D eigenvalue weighted by atomic mass is 32.2. The van der Waals surface area contributed by atoms with E-state index in [1.165, 1.54) is 11.8 Å². The highest BCUT2D eigenvalue weighted by Crippen LogP contribution is 2.28. The van der Waals surface area contributed by atoms with Crippen molar-refractivity contribution < 1.29 is 4.79 Å². The summed E-state index contributed by atoms with van der Waals surface area (Å²) in [6.45, 7) is 8.20. The highest BCUT2D eigenvalue weighted by molar-refractivity contribution is 8.00. The van der Waals surface area contributed by atoms with E-state index in [4.69, 9.17) is 5.26 Å². The summed E-state index contributed by atoms with van der Waals surface area (Å²) >= 11 is 1.33. The first kappa shape index (κ1) is 20.4. The summed E-state index contributed by atoms with van der Waals surface area (Å²) in [4.78, 5) is 12.6. The molecule has 1 atom stereocenters. The molecular formula is C22H21N5OS. The predicted molar refractivity (Wildman–Crippen MR) is 115 cm³/mol. The van der Waals surface area contributed by atoms with Crippen molar-refractivity contribution in [2.24, 2.45) is 0 Å². The number of anilines is 1. The van der Waals surface area contributed by atoms with Crippen LogP contribution in [0.25, 0.3) is 11.4 Å². The lowest BCUT2D eigenvalue weighted by atomic mass is 10.1. The van der Waals surface area contributed by atoms with Crippen LogP contribution in [0.5, 0.6) is 0 Å². The Bertz CT molecular complexity index is 1080. The number of hydrogen-bond acceptors (Lipinski definition) is 5. The van der Waals surface area contributed by atoms with Crippen LogP contribution in [0, 0.1) is 18.3 Å². The van der Waals surface area contributed by atoms with Crippen molar-refractivity contribution in [3.63, 3.8) is 0 Å². The topological polar surface area (TPSA) is 83.6 Å². The number of allylic oxidation sites excluding steroid dienone is 1. The summed E-state index contributed by atoms with van der Waals surface area (Å²) in [6, 6.07) is 16.9. The number of nitrogens with one attached hydrogen (secondary N) is 1. The van der Waals surface area contributed by atoms with E-state index in [0.29, 0.717) is 23.0 Å². The molecule has 0 aliphatic carbocycles. The third kappa shape index (κ3) is 4.92. The predicted octanol–water partition coefficient (Wildman–Crippen LogP) is 4.43. The second kappa shape index (κ2) is 9.22. The average molecular weight is 404 g/mol. The van der Waals surface area contributed by atoms with E-state index in [1.54, 1.807) is 30.3 Å². The van der Waals surface area contributed by atoms with Gasteiger partial charge in [-0.25, -0.2) is 0 Å². The maximum atomic E-state index is 12.6. The number of nitriles is 1. The number of carbonyl (C=O) groups excluding carboxylic acids is 1. The second-order valence-electron chi connectivity index (χ2n) is 6.52. The molecule has 0 aliphatic rings. The largest absolute Gasteiger partial charge is 0.325 e. The lowest BCUT2D eigenvalue weighted by Crippen LogP contribution is -2.23. The molecule has 6 nitrogen and oxygen atoms in total. The van der Waals surface area contributed by atoms with Crippen LogP contribution < -0.4 is 5.32 Å². The molecule has 0 saturated carbocycles. The number of aromatic nitrogens is 3. The maximum absolute atomic E-state index is 12.6. The number of carbonyl (C=O) groups is 1. The first-order chi connectivity index (χ1) is 14.0. The maximum Gasteiger partial charge on any atom is 0.237 e. The van der Waals surface area contributed by atoms with Crippen LogP contribution in [-0.4, -0.2) is 25.9 Å². The number of aryl methyl sites for hydroxylation is 1. The molecule has 0 aliphatic heterocycles. The smallest absolute Gasteiger partial charge is 0.237 e. The molecule has 0 radical (unpaired) electrons. The van der Waals surface area contributed by atoms with Gasteiger partial charge in [0, 0.05) is 17.8 Å². The van der Waals surface area contributed by atoms with Crippen molar-refractivity contribution in [3.05, 3.63) is 72.3 Å². The molecule has 1 amide bonds. The van der Waals surface area contributed by atoms with Crippen LogP contribution in [0.4, 0.5) is 5.69 Å². The summed E-state index contributed by atoms with van der Waals surface area (Å²) < 4.78 is 1.95. The summed E-state index contributed by atoms with van der Waals surface area (Å²) in [5.74, 6) is 0.570. The molecule has 146 valence electrons. The van der Waals surface area contributed by atoms with Gasteiger partial charge in [-0.3, -0.25) is 9.36 Å². The summed E-state index contributed by atoms with van der Waals surface area (Å²) in [6.07, 6.45) is 1.78. The summed E-state index contributed by atoms with van der Waals surface area (Å²) in [5.41, 5.74) is 3.19. The van der Waals surface area contributed by atoms with Crippen molar-refractivity contribution in [1.82, 2.24) is 14.8 Å². The van der Waals surface area contributed by atoms with Crippen molar-refractivity contribution in [3.8, 4) is 17.5 Å². The molecule has 0 spiro atoms. The molecular weight excluding hydrogens is 382 g/mol. The Morgan fingerprint density at radius 3 is 2.83 bits per heavy atom.